The average Bonchev–Trinajstić information content (AvgIpc) is 2.94. The van der Waals surface area contributed by atoms with Crippen LogP contribution in [0.25, 0.3) is 0 Å². The van der Waals surface area contributed by atoms with E-state index >= 15 is 0 Å². The standard InChI is InChI=1S/C20H28N2O3/c1-5-22(6-2)13-14-24-20(23)15-17-9-12-19(21(17)4)25-18-10-7-16(3)8-11-18/h7-12H,5-6,13-15H2,1-4H3. The van der Waals surface area contributed by atoms with Gasteiger partial charge in [0, 0.05) is 25.4 Å². The van der Waals surface area contributed by atoms with Crippen molar-refractivity contribution in [3.8, 4) is 11.6 Å². The molecule has 0 bridgehead atoms. The summed E-state index contributed by atoms with van der Waals surface area (Å²) in [6.45, 7) is 9.37. The number of hydrogen-bond acceptors (Lipinski definition) is 4. The highest BCUT2D eigenvalue weighted by Gasteiger charge is 2.12. The molecule has 1 aromatic heterocycles. The van der Waals surface area contributed by atoms with E-state index in [2.05, 4.69) is 18.7 Å². The molecule has 0 aliphatic heterocycles. The molecule has 0 spiro atoms. The Morgan fingerprint density at radius 2 is 1.76 bits per heavy atom. The van der Waals surface area contributed by atoms with Crippen LogP contribution in [-0.2, 0) is 23.0 Å². The van der Waals surface area contributed by atoms with Gasteiger partial charge in [0.1, 0.15) is 12.4 Å². The number of hydrogen-bond donors (Lipinski definition) is 0. The number of likely N-dealkylation sites (N-methyl/N-ethyl adjacent to an activating group) is 1. The monoisotopic (exact) mass is 344 g/mol. The van der Waals surface area contributed by atoms with Crippen molar-refractivity contribution in [1.29, 1.82) is 0 Å². The largest absolute Gasteiger partial charge is 0.464 e. The van der Waals surface area contributed by atoms with Gasteiger partial charge in [-0.15, -0.1) is 0 Å². The van der Waals surface area contributed by atoms with Gasteiger partial charge in [-0.05, 0) is 38.2 Å². The summed E-state index contributed by atoms with van der Waals surface area (Å²) in [5, 5.41) is 0. The molecule has 2 rings (SSSR count). The Morgan fingerprint density at radius 1 is 1.08 bits per heavy atom. The highest BCUT2D eigenvalue weighted by Crippen LogP contribution is 2.23. The van der Waals surface area contributed by atoms with E-state index in [1.807, 2.05) is 54.9 Å². The van der Waals surface area contributed by atoms with Gasteiger partial charge < -0.3 is 18.9 Å². The smallest absolute Gasteiger partial charge is 0.311 e. The number of carbonyl (C=O) groups excluding carboxylic acids is 1. The van der Waals surface area contributed by atoms with Crippen molar-refractivity contribution in [2.24, 2.45) is 7.05 Å². The van der Waals surface area contributed by atoms with Crippen molar-refractivity contribution < 1.29 is 14.3 Å². The Morgan fingerprint density at radius 3 is 2.40 bits per heavy atom. The van der Waals surface area contributed by atoms with Crippen LogP contribution >= 0.6 is 0 Å². The Hall–Kier alpha value is -2.27. The minimum Gasteiger partial charge on any atom is -0.464 e. The Labute approximate surface area is 150 Å². The molecular weight excluding hydrogens is 316 g/mol. The van der Waals surface area contributed by atoms with E-state index in [0.29, 0.717) is 12.5 Å². The van der Waals surface area contributed by atoms with Crippen LogP contribution in [0.3, 0.4) is 0 Å². The fourth-order valence-corrected chi connectivity index (χ4v) is 2.57. The highest BCUT2D eigenvalue weighted by atomic mass is 16.5. The zero-order chi connectivity index (χ0) is 18.2. The van der Waals surface area contributed by atoms with Crippen molar-refractivity contribution in [3.05, 3.63) is 47.7 Å². The molecule has 0 aliphatic carbocycles. The highest BCUT2D eigenvalue weighted by molar-refractivity contribution is 5.72. The molecule has 25 heavy (non-hydrogen) atoms. The Kier molecular flexibility index (Phi) is 7.07. The van der Waals surface area contributed by atoms with Crippen molar-refractivity contribution in [3.63, 3.8) is 0 Å². The van der Waals surface area contributed by atoms with Gasteiger partial charge in [0.15, 0.2) is 5.88 Å². The summed E-state index contributed by atoms with van der Waals surface area (Å²) in [5.74, 6) is 1.27. The van der Waals surface area contributed by atoms with Crippen LogP contribution < -0.4 is 4.74 Å². The lowest BCUT2D eigenvalue weighted by atomic mass is 10.2. The SMILES string of the molecule is CCN(CC)CCOC(=O)Cc1ccc(Oc2ccc(C)cc2)n1C. The third-order valence-electron chi connectivity index (χ3n) is 4.31. The predicted molar refractivity (Wildman–Crippen MR) is 99.1 cm³/mol. The minimum absolute atomic E-state index is 0.213. The van der Waals surface area contributed by atoms with E-state index in [1.54, 1.807) is 0 Å². The van der Waals surface area contributed by atoms with Crippen LogP contribution in [0.4, 0.5) is 0 Å². The van der Waals surface area contributed by atoms with E-state index in [-0.39, 0.29) is 12.4 Å². The summed E-state index contributed by atoms with van der Waals surface area (Å²) in [5.41, 5.74) is 2.06. The number of rotatable bonds is 9. The molecule has 1 heterocycles. The zero-order valence-electron chi connectivity index (χ0n) is 15.6. The first kappa shape index (κ1) is 19.1. The molecule has 0 saturated carbocycles. The number of nitrogens with zero attached hydrogens (tertiary/aromatic N) is 2. The molecule has 0 amide bonds. The maximum Gasteiger partial charge on any atom is 0.311 e. The molecule has 0 fully saturated rings. The third kappa shape index (κ3) is 5.64. The normalized spacial score (nSPS) is 10.9. The van der Waals surface area contributed by atoms with Crippen LogP contribution in [0.15, 0.2) is 36.4 Å². The molecule has 0 unspecified atom stereocenters. The van der Waals surface area contributed by atoms with E-state index in [4.69, 9.17) is 9.47 Å². The molecular formula is C20H28N2O3. The summed E-state index contributed by atoms with van der Waals surface area (Å²) in [6.07, 6.45) is 0.242. The van der Waals surface area contributed by atoms with E-state index in [1.165, 1.54) is 5.56 Å². The first-order chi connectivity index (χ1) is 12.0. The fraction of sp³-hybridized carbons (Fsp3) is 0.450. The topological polar surface area (TPSA) is 43.7 Å². The van der Waals surface area contributed by atoms with Gasteiger partial charge in [0.25, 0.3) is 0 Å². The summed E-state index contributed by atoms with van der Waals surface area (Å²) in [6, 6.07) is 11.7. The van der Waals surface area contributed by atoms with Gasteiger partial charge in [-0.2, -0.15) is 0 Å². The van der Waals surface area contributed by atoms with Crippen LogP contribution in [-0.4, -0.2) is 41.7 Å². The van der Waals surface area contributed by atoms with E-state index in [0.717, 1.165) is 31.1 Å². The summed E-state index contributed by atoms with van der Waals surface area (Å²) in [4.78, 5) is 14.3. The summed E-state index contributed by atoms with van der Waals surface area (Å²) in [7, 11) is 1.89. The molecule has 0 atom stereocenters. The average molecular weight is 344 g/mol. The maximum atomic E-state index is 12.0. The molecule has 0 radical (unpaired) electrons. The van der Waals surface area contributed by atoms with Crippen molar-refractivity contribution in [2.75, 3.05) is 26.2 Å². The molecule has 1 aromatic carbocycles. The second-order valence-electron chi connectivity index (χ2n) is 6.06. The number of benzene rings is 1. The fourth-order valence-electron chi connectivity index (χ4n) is 2.57. The maximum absolute atomic E-state index is 12.0. The number of aromatic nitrogens is 1. The lowest BCUT2D eigenvalue weighted by Crippen LogP contribution is -2.28. The molecule has 0 N–H and O–H groups in total. The van der Waals surface area contributed by atoms with Gasteiger partial charge >= 0.3 is 5.97 Å². The number of carbonyl (C=O) groups is 1. The lowest BCUT2D eigenvalue weighted by Gasteiger charge is -2.17. The van der Waals surface area contributed by atoms with Crippen LogP contribution in [0.5, 0.6) is 11.6 Å². The molecule has 5 heteroatoms. The molecule has 0 aliphatic rings. The van der Waals surface area contributed by atoms with Gasteiger partial charge in [0.2, 0.25) is 0 Å². The Bertz CT molecular complexity index is 673. The number of esters is 1. The van der Waals surface area contributed by atoms with Crippen LogP contribution in [0, 0.1) is 6.92 Å². The van der Waals surface area contributed by atoms with E-state index in [9.17, 15) is 4.79 Å². The zero-order valence-corrected chi connectivity index (χ0v) is 15.6. The molecule has 0 saturated heterocycles. The summed E-state index contributed by atoms with van der Waals surface area (Å²) < 4.78 is 13.1. The van der Waals surface area contributed by atoms with E-state index < -0.39 is 0 Å². The molecule has 136 valence electrons. The van der Waals surface area contributed by atoms with Crippen molar-refractivity contribution in [2.45, 2.75) is 27.2 Å². The van der Waals surface area contributed by atoms with Crippen molar-refractivity contribution >= 4 is 5.97 Å². The predicted octanol–water partition coefficient (Wildman–Crippen LogP) is 3.55. The number of aryl methyl sites for hydroxylation is 1. The second kappa shape index (κ2) is 9.28. The van der Waals surface area contributed by atoms with Gasteiger partial charge in [-0.25, -0.2) is 0 Å². The third-order valence-corrected chi connectivity index (χ3v) is 4.31. The quantitative estimate of drug-likeness (QED) is 0.653. The second-order valence-corrected chi connectivity index (χ2v) is 6.06. The van der Waals surface area contributed by atoms with Crippen molar-refractivity contribution in [1.82, 2.24) is 9.47 Å². The van der Waals surface area contributed by atoms with Gasteiger partial charge in [-0.1, -0.05) is 31.5 Å². The Balaban J connectivity index is 1.87. The van der Waals surface area contributed by atoms with Gasteiger partial charge in [0.05, 0.1) is 6.42 Å². The van der Waals surface area contributed by atoms with Crippen LogP contribution in [0.1, 0.15) is 25.1 Å². The first-order valence-corrected chi connectivity index (χ1v) is 8.80. The molecule has 2 aromatic rings. The van der Waals surface area contributed by atoms with Gasteiger partial charge in [-0.3, -0.25) is 4.79 Å². The van der Waals surface area contributed by atoms with Crippen LogP contribution in [0.2, 0.25) is 0 Å². The lowest BCUT2D eigenvalue weighted by molar-refractivity contribution is -0.143. The minimum atomic E-state index is -0.213. The first-order valence-electron chi connectivity index (χ1n) is 8.80. The summed E-state index contributed by atoms with van der Waals surface area (Å²) >= 11 is 0. The number of ether oxygens (including phenoxy) is 2. The molecule has 5 nitrogen and oxygen atoms in total.